The lowest BCUT2D eigenvalue weighted by atomic mass is 10.1. The summed E-state index contributed by atoms with van der Waals surface area (Å²) in [6.45, 7) is 4.21. The molecule has 1 heterocycles. The third-order valence-electron chi connectivity index (χ3n) is 2.40. The van der Waals surface area contributed by atoms with Crippen molar-refractivity contribution in [2.24, 2.45) is 7.05 Å². The molecule has 0 saturated heterocycles. The maximum absolute atomic E-state index is 4.38. The van der Waals surface area contributed by atoms with Crippen LogP contribution in [-0.4, -0.2) is 4.98 Å². The Morgan fingerprint density at radius 2 is 1.85 bits per heavy atom. The molecule has 66 valence electrons. The summed E-state index contributed by atoms with van der Waals surface area (Å²) in [7, 11) is 2.05. The van der Waals surface area contributed by atoms with Crippen molar-refractivity contribution in [3.05, 3.63) is 35.7 Å². The molecular formula is C11H13N2+. The Hall–Kier alpha value is -1.44. The van der Waals surface area contributed by atoms with Crippen LogP contribution in [0.1, 0.15) is 11.1 Å². The van der Waals surface area contributed by atoms with E-state index < -0.39 is 0 Å². The van der Waals surface area contributed by atoms with Gasteiger partial charge < -0.3 is 0 Å². The standard InChI is InChI=1S/C11H13N2/c1-8-4-5-9(2)11-10(8)12-6-7-13(11)3/h4-7H,1-3H3/q+1. The molecule has 0 spiro atoms. The number of hydrogen-bond donors (Lipinski definition) is 0. The average molecular weight is 173 g/mol. The molecule has 0 bridgehead atoms. The van der Waals surface area contributed by atoms with E-state index in [0.717, 1.165) is 5.52 Å². The number of nitrogens with zero attached hydrogens (tertiary/aromatic N) is 2. The summed E-state index contributed by atoms with van der Waals surface area (Å²) in [5.74, 6) is 0. The van der Waals surface area contributed by atoms with Gasteiger partial charge in [0.05, 0.1) is 6.20 Å². The second-order valence-electron chi connectivity index (χ2n) is 3.43. The Labute approximate surface area is 77.9 Å². The molecular weight excluding hydrogens is 160 g/mol. The molecule has 2 aromatic rings. The van der Waals surface area contributed by atoms with Gasteiger partial charge in [0.1, 0.15) is 12.6 Å². The van der Waals surface area contributed by atoms with E-state index >= 15 is 0 Å². The van der Waals surface area contributed by atoms with E-state index in [9.17, 15) is 0 Å². The van der Waals surface area contributed by atoms with Crippen molar-refractivity contribution in [3.8, 4) is 0 Å². The highest BCUT2D eigenvalue weighted by molar-refractivity contribution is 5.77. The van der Waals surface area contributed by atoms with Gasteiger partial charge in [-0.15, -0.1) is 0 Å². The van der Waals surface area contributed by atoms with Crippen LogP contribution >= 0.6 is 0 Å². The predicted octanol–water partition coefficient (Wildman–Crippen LogP) is 1.68. The van der Waals surface area contributed by atoms with Gasteiger partial charge in [-0.25, -0.2) is 4.98 Å². The van der Waals surface area contributed by atoms with Crippen molar-refractivity contribution in [1.82, 2.24) is 4.98 Å². The number of aromatic nitrogens is 2. The molecule has 2 nitrogen and oxygen atoms in total. The molecule has 0 amide bonds. The first-order valence-corrected chi connectivity index (χ1v) is 4.40. The van der Waals surface area contributed by atoms with E-state index in [2.05, 4.69) is 42.6 Å². The second-order valence-corrected chi connectivity index (χ2v) is 3.43. The molecule has 2 rings (SSSR count). The molecule has 0 unspecified atom stereocenters. The normalized spacial score (nSPS) is 10.7. The summed E-state index contributed by atoms with van der Waals surface area (Å²) in [4.78, 5) is 4.38. The third kappa shape index (κ3) is 1.18. The summed E-state index contributed by atoms with van der Waals surface area (Å²) in [6, 6.07) is 4.25. The summed E-state index contributed by atoms with van der Waals surface area (Å²) in [5, 5.41) is 0. The van der Waals surface area contributed by atoms with Crippen molar-refractivity contribution in [1.29, 1.82) is 0 Å². The third-order valence-corrected chi connectivity index (χ3v) is 2.40. The van der Waals surface area contributed by atoms with E-state index in [1.165, 1.54) is 16.6 Å². The molecule has 13 heavy (non-hydrogen) atoms. The lowest BCUT2D eigenvalue weighted by Crippen LogP contribution is -2.29. The average Bonchev–Trinajstić information content (AvgIpc) is 2.12. The van der Waals surface area contributed by atoms with Gasteiger partial charge in [-0.1, -0.05) is 12.1 Å². The first kappa shape index (κ1) is 8.17. The number of rotatable bonds is 0. The van der Waals surface area contributed by atoms with Gasteiger partial charge in [0.25, 0.3) is 0 Å². The SMILES string of the molecule is Cc1ccc(C)c2c1ncc[n+]2C. The summed E-state index contributed by atoms with van der Waals surface area (Å²) < 4.78 is 2.12. The van der Waals surface area contributed by atoms with Gasteiger partial charge in [-0.3, -0.25) is 0 Å². The highest BCUT2D eigenvalue weighted by Crippen LogP contribution is 2.15. The fourth-order valence-corrected chi connectivity index (χ4v) is 1.67. The fraction of sp³-hybridized carbons (Fsp3) is 0.273. The Kier molecular flexibility index (Phi) is 1.76. The Balaban J connectivity index is 3.00. The number of hydrogen-bond acceptors (Lipinski definition) is 1. The van der Waals surface area contributed by atoms with Crippen LogP contribution in [0.4, 0.5) is 0 Å². The van der Waals surface area contributed by atoms with Crippen LogP contribution in [-0.2, 0) is 7.05 Å². The summed E-state index contributed by atoms with van der Waals surface area (Å²) in [6.07, 6.45) is 3.82. The minimum Gasteiger partial charge on any atom is -0.243 e. The van der Waals surface area contributed by atoms with Gasteiger partial charge in [0.2, 0.25) is 5.52 Å². The highest BCUT2D eigenvalue weighted by atomic mass is 14.9. The van der Waals surface area contributed by atoms with Crippen molar-refractivity contribution in [2.45, 2.75) is 13.8 Å². The van der Waals surface area contributed by atoms with E-state index in [1.807, 2.05) is 12.4 Å². The molecule has 0 fully saturated rings. The van der Waals surface area contributed by atoms with Gasteiger partial charge in [-0.05, 0) is 19.4 Å². The van der Waals surface area contributed by atoms with E-state index in [-0.39, 0.29) is 0 Å². The van der Waals surface area contributed by atoms with Crippen LogP contribution in [0, 0.1) is 13.8 Å². The Bertz CT molecular complexity index is 453. The number of fused-ring (bicyclic) bond motifs is 1. The van der Waals surface area contributed by atoms with Crippen molar-refractivity contribution < 1.29 is 4.57 Å². The Morgan fingerprint density at radius 1 is 1.15 bits per heavy atom. The van der Waals surface area contributed by atoms with Gasteiger partial charge >= 0.3 is 0 Å². The smallest absolute Gasteiger partial charge is 0.234 e. The van der Waals surface area contributed by atoms with Crippen molar-refractivity contribution in [3.63, 3.8) is 0 Å². The van der Waals surface area contributed by atoms with Crippen LogP contribution in [0.25, 0.3) is 11.0 Å². The maximum Gasteiger partial charge on any atom is 0.234 e. The fourth-order valence-electron chi connectivity index (χ4n) is 1.67. The van der Waals surface area contributed by atoms with Crippen LogP contribution in [0.15, 0.2) is 24.5 Å². The predicted molar refractivity (Wildman–Crippen MR) is 52.4 cm³/mol. The second kappa shape index (κ2) is 2.80. The zero-order valence-corrected chi connectivity index (χ0v) is 8.20. The molecule has 0 saturated carbocycles. The molecule has 0 atom stereocenters. The molecule has 0 aliphatic carbocycles. The molecule has 0 N–H and O–H groups in total. The molecule has 2 heteroatoms. The monoisotopic (exact) mass is 173 g/mol. The zero-order valence-electron chi connectivity index (χ0n) is 8.20. The number of aryl methyl sites for hydroxylation is 3. The van der Waals surface area contributed by atoms with Gasteiger partial charge in [0.15, 0.2) is 6.20 Å². The van der Waals surface area contributed by atoms with E-state index in [1.54, 1.807) is 0 Å². The number of benzene rings is 1. The van der Waals surface area contributed by atoms with Crippen LogP contribution in [0.2, 0.25) is 0 Å². The largest absolute Gasteiger partial charge is 0.243 e. The van der Waals surface area contributed by atoms with Crippen LogP contribution < -0.4 is 4.57 Å². The van der Waals surface area contributed by atoms with Crippen molar-refractivity contribution in [2.75, 3.05) is 0 Å². The quantitative estimate of drug-likeness (QED) is 0.554. The molecule has 1 aromatic heterocycles. The lowest BCUT2D eigenvalue weighted by molar-refractivity contribution is -0.645. The van der Waals surface area contributed by atoms with Gasteiger partial charge in [0, 0.05) is 5.56 Å². The molecule has 1 aromatic carbocycles. The molecule has 0 radical (unpaired) electrons. The lowest BCUT2D eigenvalue weighted by Gasteiger charge is -2.01. The maximum atomic E-state index is 4.38. The van der Waals surface area contributed by atoms with Crippen LogP contribution in [0.3, 0.4) is 0 Å². The molecule has 0 aliphatic heterocycles. The topological polar surface area (TPSA) is 16.8 Å². The summed E-state index contributed by atoms with van der Waals surface area (Å²) >= 11 is 0. The van der Waals surface area contributed by atoms with Crippen LogP contribution in [0.5, 0.6) is 0 Å². The zero-order chi connectivity index (χ0) is 9.42. The minimum absolute atomic E-state index is 1.10. The first-order chi connectivity index (χ1) is 6.20. The summed E-state index contributed by atoms with van der Waals surface area (Å²) in [5.41, 5.74) is 4.83. The minimum atomic E-state index is 1.10. The van der Waals surface area contributed by atoms with Crippen molar-refractivity contribution >= 4 is 11.0 Å². The van der Waals surface area contributed by atoms with E-state index in [0.29, 0.717) is 0 Å². The highest BCUT2D eigenvalue weighted by Gasteiger charge is 2.09. The first-order valence-electron chi connectivity index (χ1n) is 4.40. The van der Waals surface area contributed by atoms with Gasteiger partial charge in [-0.2, -0.15) is 4.57 Å². The Morgan fingerprint density at radius 3 is 2.54 bits per heavy atom. The molecule has 0 aliphatic rings. The van der Waals surface area contributed by atoms with E-state index in [4.69, 9.17) is 0 Å².